The Morgan fingerprint density at radius 2 is 1.85 bits per heavy atom. The van der Waals surface area contributed by atoms with Gasteiger partial charge in [-0.2, -0.15) is 4.31 Å². The summed E-state index contributed by atoms with van der Waals surface area (Å²) in [5.41, 5.74) is 8.35. The van der Waals surface area contributed by atoms with E-state index in [1.54, 1.807) is 16.4 Å². The number of nitrogen functional groups attached to an aromatic ring is 1. The lowest BCUT2D eigenvalue weighted by Gasteiger charge is -2.27. The first-order valence-corrected chi connectivity index (χ1v) is 8.70. The fourth-order valence-electron chi connectivity index (χ4n) is 2.95. The fourth-order valence-corrected chi connectivity index (χ4v) is 4.77. The SMILES string of the molecule is CCN(C1CCCC1)S(=O)(=O)c1cc(C)c(C)c(N)c1. The van der Waals surface area contributed by atoms with Crippen LogP contribution in [0.25, 0.3) is 0 Å². The van der Waals surface area contributed by atoms with Gasteiger partial charge in [-0.3, -0.25) is 0 Å². The number of aryl methyl sites for hydroxylation is 1. The minimum absolute atomic E-state index is 0.146. The smallest absolute Gasteiger partial charge is 0.243 e. The molecule has 0 spiro atoms. The van der Waals surface area contributed by atoms with Crippen LogP contribution >= 0.6 is 0 Å². The summed E-state index contributed by atoms with van der Waals surface area (Å²) in [5, 5.41) is 0. The van der Waals surface area contributed by atoms with Crippen molar-refractivity contribution in [3.05, 3.63) is 23.3 Å². The van der Waals surface area contributed by atoms with Crippen molar-refractivity contribution >= 4 is 15.7 Å². The largest absolute Gasteiger partial charge is 0.398 e. The summed E-state index contributed by atoms with van der Waals surface area (Å²) in [6.45, 7) is 6.23. The first-order chi connectivity index (χ1) is 9.37. The van der Waals surface area contributed by atoms with Gasteiger partial charge in [-0.25, -0.2) is 8.42 Å². The molecule has 0 bridgehead atoms. The molecule has 0 saturated heterocycles. The Bertz CT molecular complexity index is 567. The molecule has 0 aliphatic heterocycles. The van der Waals surface area contributed by atoms with E-state index in [4.69, 9.17) is 5.73 Å². The summed E-state index contributed by atoms with van der Waals surface area (Å²) < 4.78 is 27.3. The number of rotatable bonds is 4. The Hall–Kier alpha value is -1.07. The highest BCUT2D eigenvalue weighted by Crippen LogP contribution is 2.30. The monoisotopic (exact) mass is 296 g/mol. The summed E-state index contributed by atoms with van der Waals surface area (Å²) in [6, 6.07) is 3.47. The lowest BCUT2D eigenvalue weighted by Crippen LogP contribution is -2.38. The molecule has 2 rings (SSSR count). The van der Waals surface area contributed by atoms with E-state index >= 15 is 0 Å². The standard InChI is InChI=1S/C15H24N2O2S/c1-4-17(13-7-5-6-8-13)20(18,19)14-9-11(2)12(3)15(16)10-14/h9-10,13H,4-8,16H2,1-3H3. The summed E-state index contributed by atoms with van der Waals surface area (Å²) in [4.78, 5) is 0.326. The molecule has 0 heterocycles. The van der Waals surface area contributed by atoms with E-state index in [0.717, 1.165) is 36.8 Å². The third-order valence-electron chi connectivity index (χ3n) is 4.33. The van der Waals surface area contributed by atoms with Crippen LogP contribution in [0.2, 0.25) is 0 Å². The molecular formula is C15H24N2O2S. The molecule has 112 valence electrons. The van der Waals surface area contributed by atoms with Crippen LogP contribution in [0.15, 0.2) is 17.0 Å². The summed E-state index contributed by atoms with van der Waals surface area (Å²) >= 11 is 0. The van der Waals surface area contributed by atoms with Crippen LogP contribution in [0.3, 0.4) is 0 Å². The molecule has 1 aliphatic carbocycles. The fraction of sp³-hybridized carbons (Fsp3) is 0.600. The normalized spacial score (nSPS) is 17.0. The minimum atomic E-state index is -3.44. The van der Waals surface area contributed by atoms with E-state index in [0.29, 0.717) is 17.1 Å². The molecule has 0 aromatic heterocycles. The molecule has 0 atom stereocenters. The highest BCUT2D eigenvalue weighted by atomic mass is 32.2. The molecule has 0 radical (unpaired) electrons. The number of sulfonamides is 1. The van der Waals surface area contributed by atoms with E-state index < -0.39 is 10.0 Å². The van der Waals surface area contributed by atoms with E-state index in [1.807, 2.05) is 20.8 Å². The molecule has 1 aromatic rings. The number of hydrogen-bond acceptors (Lipinski definition) is 3. The van der Waals surface area contributed by atoms with Crippen LogP contribution in [0.1, 0.15) is 43.7 Å². The van der Waals surface area contributed by atoms with Crippen molar-refractivity contribution in [1.29, 1.82) is 0 Å². The third kappa shape index (κ3) is 2.69. The zero-order valence-corrected chi connectivity index (χ0v) is 13.3. The van der Waals surface area contributed by atoms with Gasteiger partial charge in [-0.1, -0.05) is 19.8 Å². The Labute approximate surface area is 122 Å². The van der Waals surface area contributed by atoms with Gasteiger partial charge in [0.2, 0.25) is 10.0 Å². The lowest BCUT2D eigenvalue weighted by atomic mass is 10.1. The van der Waals surface area contributed by atoms with Crippen LogP contribution in [-0.2, 0) is 10.0 Å². The molecule has 2 N–H and O–H groups in total. The van der Waals surface area contributed by atoms with Crippen LogP contribution in [0.4, 0.5) is 5.69 Å². The van der Waals surface area contributed by atoms with Gasteiger partial charge < -0.3 is 5.73 Å². The molecular weight excluding hydrogens is 272 g/mol. The van der Waals surface area contributed by atoms with E-state index in [2.05, 4.69) is 0 Å². The average Bonchev–Trinajstić information content (AvgIpc) is 2.89. The topological polar surface area (TPSA) is 63.4 Å². The number of nitrogens with zero attached hydrogens (tertiary/aromatic N) is 1. The number of anilines is 1. The maximum atomic E-state index is 12.8. The number of hydrogen-bond donors (Lipinski definition) is 1. The van der Waals surface area contributed by atoms with Gasteiger partial charge in [0, 0.05) is 18.3 Å². The van der Waals surface area contributed by atoms with Crippen molar-refractivity contribution in [3.8, 4) is 0 Å². The van der Waals surface area contributed by atoms with Gasteiger partial charge in [0.05, 0.1) is 4.90 Å². The predicted octanol–water partition coefficient (Wildman–Crippen LogP) is 2.84. The highest BCUT2D eigenvalue weighted by molar-refractivity contribution is 7.89. The van der Waals surface area contributed by atoms with Crippen molar-refractivity contribution in [3.63, 3.8) is 0 Å². The second-order valence-electron chi connectivity index (χ2n) is 5.60. The van der Waals surface area contributed by atoms with Crippen molar-refractivity contribution in [2.24, 2.45) is 0 Å². The van der Waals surface area contributed by atoms with Gasteiger partial charge in [-0.15, -0.1) is 0 Å². The molecule has 0 unspecified atom stereocenters. The molecule has 5 heteroatoms. The van der Waals surface area contributed by atoms with Crippen LogP contribution < -0.4 is 5.73 Å². The molecule has 1 aliphatic rings. The molecule has 0 amide bonds. The molecule has 4 nitrogen and oxygen atoms in total. The molecule has 1 aromatic carbocycles. The minimum Gasteiger partial charge on any atom is -0.398 e. The molecule has 1 saturated carbocycles. The number of benzene rings is 1. The van der Waals surface area contributed by atoms with Crippen molar-refractivity contribution in [1.82, 2.24) is 4.31 Å². The first-order valence-electron chi connectivity index (χ1n) is 7.26. The van der Waals surface area contributed by atoms with Crippen molar-refractivity contribution < 1.29 is 8.42 Å². The quantitative estimate of drug-likeness (QED) is 0.869. The second kappa shape index (κ2) is 5.74. The van der Waals surface area contributed by atoms with Crippen LogP contribution in [0.5, 0.6) is 0 Å². The lowest BCUT2D eigenvalue weighted by molar-refractivity contribution is 0.335. The average molecular weight is 296 g/mol. The Morgan fingerprint density at radius 1 is 1.25 bits per heavy atom. The van der Waals surface area contributed by atoms with Gasteiger partial charge >= 0.3 is 0 Å². The third-order valence-corrected chi connectivity index (χ3v) is 6.34. The maximum Gasteiger partial charge on any atom is 0.243 e. The summed E-state index contributed by atoms with van der Waals surface area (Å²) in [7, 11) is -3.44. The number of nitrogens with two attached hydrogens (primary N) is 1. The van der Waals surface area contributed by atoms with E-state index in [1.165, 1.54) is 0 Å². The van der Waals surface area contributed by atoms with Crippen molar-refractivity contribution in [2.45, 2.75) is 57.4 Å². The van der Waals surface area contributed by atoms with Gasteiger partial charge in [-0.05, 0) is 49.9 Å². The maximum absolute atomic E-state index is 12.8. The predicted molar refractivity (Wildman–Crippen MR) is 82.2 cm³/mol. The Balaban J connectivity index is 2.42. The molecule has 20 heavy (non-hydrogen) atoms. The van der Waals surface area contributed by atoms with Gasteiger partial charge in [0.1, 0.15) is 0 Å². The zero-order valence-electron chi connectivity index (χ0n) is 12.5. The summed E-state index contributed by atoms with van der Waals surface area (Å²) in [6.07, 6.45) is 4.16. The van der Waals surface area contributed by atoms with Gasteiger partial charge in [0.15, 0.2) is 0 Å². The first kappa shape index (κ1) is 15.3. The second-order valence-corrected chi connectivity index (χ2v) is 7.49. The van der Waals surface area contributed by atoms with Crippen LogP contribution in [-0.4, -0.2) is 25.3 Å². The van der Waals surface area contributed by atoms with Crippen molar-refractivity contribution in [2.75, 3.05) is 12.3 Å². The summed E-state index contributed by atoms with van der Waals surface area (Å²) in [5.74, 6) is 0. The van der Waals surface area contributed by atoms with E-state index in [-0.39, 0.29) is 6.04 Å². The Morgan fingerprint density at radius 3 is 2.35 bits per heavy atom. The molecule has 1 fully saturated rings. The Kier molecular flexibility index (Phi) is 4.39. The van der Waals surface area contributed by atoms with Crippen LogP contribution in [0, 0.1) is 13.8 Å². The highest BCUT2D eigenvalue weighted by Gasteiger charge is 2.32. The zero-order chi connectivity index (χ0) is 14.9. The van der Waals surface area contributed by atoms with E-state index in [9.17, 15) is 8.42 Å². The van der Waals surface area contributed by atoms with Gasteiger partial charge in [0.25, 0.3) is 0 Å².